The van der Waals surface area contributed by atoms with Gasteiger partial charge in [-0.1, -0.05) is 42.5 Å². The molecular weight excluding hydrogens is 368 g/mol. The minimum atomic E-state index is -0.0645. The van der Waals surface area contributed by atoms with Gasteiger partial charge in [-0.25, -0.2) is 9.67 Å². The number of nitrogens with one attached hydrogen (secondary N) is 1. The van der Waals surface area contributed by atoms with Gasteiger partial charge in [0.1, 0.15) is 9.88 Å². The third kappa shape index (κ3) is 4.02. The number of aryl methyl sites for hydroxylation is 1. The van der Waals surface area contributed by atoms with Crippen molar-refractivity contribution in [2.24, 2.45) is 0 Å². The van der Waals surface area contributed by atoms with E-state index in [0.29, 0.717) is 11.4 Å². The van der Waals surface area contributed by atoms with Crippen molar-refractivity contribution in [1.82, 2.24) is 20.1 Å². The van der Waals surface area contributed by atoms with Gasteiger partial charge in [0, 0.05) is 24.5 Å². The SMILES string of the molecule is Cc1nc(-c2ccccc2)sc1C(=O)NCCc1ccc(-n2cccn2)cc1. The lowest BCUT2D eigenvalue weighted by Crippen LogP contribution is -2.25. The van der Waals surface area contributed by atoms with Gasteiger partial charge in [-0.3, -0.25) is 4.79 Å². The monoisotopic (exact) mass is 388 g/mol. The quantitative estimate of drug-likeness (QED) is 0.536. The van der Waals surface area contributed by atoms with Gasteiger partial charge < -0.3 is 5.32 Å². The number of hydrogen-bond acceptors (Lipinski definition) is 4. The van der Waals surface area contributed by atoms with E-state index < -0.39 is 0 Å². The van der Waals surface area contributed by atoms with Crippen LogP contribution in [0.2, 0.25) is 0 Å². The highest BCUT2D eigenvalue weighted by molar-refractivity contribution is 7.17. The van der Waals surface area contributed by atoms with E-state index in [1.807, 2.05) is 66.3 Å². The summed E-state index contributed by atoms with van der Waals surface area (Å²) in [5.41, 5.74) is 3.99. The Hall–Kier alpha value is -3.25. The Morgan fingerprint density at radius 3 is 2.57 bits per heavy atom. The molecule has 0 saturated carbocycles. The summed E-state index contributed by atoms with van der Waals surface area (Å²) in [6.45, 7) is 2.46. The third-order valence-electron chi connectivity index (χ3n) is 4.43. The van der Waals surface area contributed by atoms with Crippen molar-refractivity contribution in [3.63, 3.8) is 0 Å². The molecular formula is C22H20N4OS. The molecule has 1 amide bonds. The van der Waals surface area contributed by atoms with E-state index in [-0.39, 0.29) is 5.91 Å². The first-order valence-electron chi connectivity index (χ1n) is 9.11. The molecule has 2 aromatic heterocycles. The summed E-state index contributed by atoms with van der Waals surface area (Å²) in [4.78, 5) is 17.8. The Morgan fingerprint density at radius 1 is 1.07 bits per heavy atom. The maximum absolute atomic E-state index is 12.6. The van der Waals surface area contributed by atoms with Crippen molar-refractivity contribution < 1.29 is 4.79 Å². The van der Waals surface area contributed by atoms with E-state index >= 15 is 0 Å². The van der Waals surface area contributed by atoms with E-state index in [2.05, 4.69) is 27.5 Å². The number of carbonyl (C=O) groups is 1. The molecule has 6 heteroatoms. The predicted molar refractivity (Wildman–Crippen MR) is 112 cm³/mol. The van der Waals surface area contributed by atoms with E-state index in [4.69, 9.17) is 0 Å². The number of benzene rings is 2. The van der Waals surface area contributed by atoms with Crippen molar-refractivity contribution in [3.8, 4) is 16.3 Å². The summed E-state index contributed by atoms with van der Waals surface area (Å²) in [6.07, 6.45) is 4.44. The number of amides is 1. The molecule has 140 valence electrons. The van der Waals surface area contributed by atoms with Gasteiger partial charge in [-0.15, -0.1) is 11.3 Å². The number of carbonyl (C=O) groups excluding carboxylic acids is 1. The van der Waals surface area contributed by atoms with Gasteiger partial charge in [0.05, 0.1) is 11.4 Å². The van der Waals surface area contributed by atoms with Gasteiger partial charge in [0.15, 0.2) is 0 Å². The van der Waals surface area contributed by atoms with Crippen LogP contribution in [0.15, 0.2) is 73.1 Å². The molecule has 0 aliphatic rings. The second-order valence-corrected chi connectivity index (χ2v) is 7.42. The number of thiazole rings is 1. The first kappa shape index (κ1) is 18.1. The topological polar surface area (TPSA) is 59.8 Å². The summed E-state index contributed by atoms with van der Waals surface area (Å²) in [5, 5.41) is 8.10. The van der Waals surface area contributed by atoms with Gasteiger partial charge >= 0.3 is 0 Å². The Balaban J connectivity index is 1.35. The van der Waals surface area contributed by atoms with Crippen LogP contribution in [0.4, 0.5) is 0 Å². The van der Waals surface area contributed by atoms with Gasteiger partial charge in [-0.2, -0.15) is 5.10 Å². The maximum atomic E-state index is 12.6. The van der Waals surface area contributed by atoms with Crippen molar-refractivity contribution in [3.05, 3.63) is 89.2 Å². The zero-order chi connectivity index (χ0) is 19.3. The molecule has 0 spiro atoms. The van der Waals surface area contributed by atoms with E-state index in [0.717, 1.165) is 28.4 Å². The largest absolute Gasteiger partial charge is 0.351 e. The zero-order valence-corrected chi connectivity index (χ0v) is 16.3. The normalized spacial score (nSPS) is 10.8. The lowest BCUT2D eigenvalue weighted by Gasteiger charge is -2.06. The minimum absolute atomic E-state index is 0.0645. The lowest BCUT2D eigenvalue weighted by molar-refractivity contribution is 0.0957. The number of hydrogen-bond donors (Lipinski definition) is 1. The van der Waals surface area contributed by atoms with Crippen LogP contribution in [0.5, 0.6) is 0 Å². The Bertz CT molecular complexity index is 1050. The fraction of sp³-hybridized carbons (Fsp3) is 0.136. The van der Waals surface area contributed by atoms with Crippen LogP contribution in [-0.2, 0) is 6.42 Å². The standard InChI is InChI=1S/C22H20N4OS/c1-16-20(28-22(25-16)18-6-3-2-4-7-18)21(27)23-14-12-17-8-10-19(11-9-17)26-15-5-13-24-26/h2-11,13,15H,12,14H2,1H3,(H,23,27). The molecule has 28 heavy (non-hydrogen) atoms. The summed E-state index contributed by atoms with van der Waals surface area (Å²) < 4.78 is 1.82. The molecule has 2 aromatic carbocycles. The average Bonchev–Trinajstić information content (AvgIpc) is 3.39. The van der Waals surface area contributed by atoms with Crippen LogP contribution in [0.25, 0.3) is 16.3 Å². The highest BCUT2D eigenvalue weighted by atomic mass is 32.1. The summed E-state index contributed by atoms with van der Waals surface area (Å²) in [6, 6.07) is 20.0. The number of nitrogens with zero attached hydrogens (tertiary/aromatic N) is 3. The Kier molecular flexibility index (Phi) is 5.30. The van der Waals surface area contributed by atoms with Crippen molar-refractivity contribution in [2.75, 3.05) is 6.54 Å². The molecule has 0 fully saturated rings. The average molecular weight is 388 g/mol. The Morgan fingerprint density at radius 2 is 1.86 bits per heavy atom. The second kappa shape index (κ2) is 8.19. The summed E-state index contributed by atoms with van der Waals surface area (Å²) >= 11 is 1.43. The first-order valence-corrected chi connectivity index (χ1v) is 9.92. The van der Waals surface area contributed by atoms with E-state index in [1.54, 1.807) is 6.20 Å². The van der Waals surface area contributed by atoms with Crippen LogP contribution >= 0.6 is 11.3 Å². The van der Waals surface area contributed by atoms with Crippen LogP contribution in [0.3, 0.4) is 0 Å². The highest BCUT2D eigenvalue weighted by Crippen LogP contribution is 2.27. The maximum Gasteiger partial charge on any atom is 0.263 e. The van der Waals surface area contributed by atoms with Crippen molar-refractivity contribution in [2.45, 2.75) is 13.3 Å². The second-order valence-electron chi connectivity index (χ2n) is 6.42. The van der Waals surface area contributed by atoms with Gasteiger partial charge in [0.2, 0.25) is 0 Å². The fourth-order valence-corrected chi connectivity index (χ4v) is 3.94. The van der Waals surface area contributed by atoms with E-state index in [1.165, 1.54) is 16.9 Å². The lowest BCUT2D eigenvalue weighted by atomic mass is 10.1. The molecule has 4 rings (SSSR count). The first-order chi connectivity index (χ1) is 13.7. The molecule has 0 unspecified atom stereocenters. The molecule has 5 nitrogen and oxygen atoms in total. The minimum Gasteiger partial charge on any atom is -0.351 e. The van der Waals surface area contributed by atoms with Crippen LogP contribution in [-0.4, -0.2) is 27.2 Å². The molecule has 2 heterocycles. The molecule has 0 atom stereocenters. The van der Waals surface area contributed by atoms with Crippen molar-refractivity contribution >= 4 is 17.2 Å². The number of rotatable bonds is 6. The molecule has 0 saturated heterocycles. The number of aromatic nitrogens is 3. The smallest absolute Gasteiger partial charge is 0.263 e. The van der Waals surface area contributed by atoms with E-state index in [9.17, 15) is 4.79 Å². The summed E-state index contributed by atoms with van der Waals surface area (Å²) in [7, 11) is 0. The molecule has 0 bridgehead atoms. The Labute approximate surface area is 167 Å². The van der Waals surface area contributed by atoms with Gasteiger partial charge in [0.25, 0.3) is 5.91 Å². The molecule has 4 aromatic rings. The third-order valence-corrected chi connectivity index (χ3v) is 5.63. The summed E-state index contributed by atoms with van der Waals surface area (Å²) in [5.74, 6) is -0.0645. The molecule has 0 aliphatic heterocycles. The molecule has 0 radical (unpaired) electrons. The molecule has 0 aliphatic carbocycles. The van der Waals surface area contributed by atoms with Crippen LogP contribution in [0.1, 0.15) is 20.9 Å². The zero-order valence-electron chi connectivity index (χ0n) is 15.5. The fourth-order valence-electron chi connectivity index (χ4n) is 2.95. The van der Waals surface area contributed by atoms with Crippen molar-refractivity contribution in [1.29, 1.82) is 0 Å². The van der Waals surface area contributed by atoms with Crippen LogP contribution in [0, 0.1) is 6.92 Å². The highest BCUT2D eigenvalue weighted by Gasteiger charge is 2.15. The van der Waals surface area contributed by atoms with Gasteiger partial charge in [-0.05, 0) is 37.1 Å². The predicted octanol–water partition coefficient (Wildman–Crippen LogP) is 4.28. The molecule has 1 N–H and O–H groups in total. The van der Waals surface area contributed by atoms with Crippen LogP contribution < -0.4 is 5.32 Å².